The Morgan fingerprint density at radius 1 is 1.63 bits per heavy atom. The quantitative estimate of drug-likeness (QED) is 0.837. The number of carbonyl (C=O) groups is 1. The van der Waals surface area contributed by atoms with E-state index in [1.165, 1.54) is 11.3 Å². The highest BCUT2D eigenvalue weighted by Crippen LogP contribution is 2.44. The van der Waals surface area contributed by atoms with Crippen molar-refractivity contribution in [2.45, 2.75) is 38.1 Å². The van der Waals surface area contributed by atoms with Crippen LogP contribution >= 0.6 is 23.1 Å². The number of aromatic nitrogens is 1. The summed E-state index contributed by atoms with van der Waals surface area (Å²) in [5.74, 6) is 0.653. The Balaban J connectivity index is 2.15. The Bertz CT molecular complexity index is 457. The van der Waals surface area contributed by atoms with Crippen molar-refractivity contribution in [3.63, 3.8) is 0 Å². The summed E-state index contributed by atoms with van der Waals surface area (Å²) in [6.07, 6.45) is 5.34. The van der Waals surface area contributed by atoms with Gasteiger partial charge in [-0.05, 0) is 38.2 Å². The molecule has 19 heavy (non-hydrogen) atoms. The topological polar surface area (TPSA) is 53.4 Å². The van der Waals surface area contributed by atoms with Crippen molar-refractivity contribution < 1.29 is 9.90 Å². The molecule has 0 aliphatic heterocycles. The molecule has 0 aromatic carbocycles. The molecule has 1 saturated carbocycles. The maximum absolute atomic E-state index is 11.3. The van der Waals surface area contributed by atoms with Crippen LogP contribution in [0.2, 0.25) is 0 Å². The number of nitrogens with zero attached hydrogens (tertiary/aromatic N) is 2. The maximum atomic E-state index is 11.3. The van der Waals surface area contributed by atoms with E-state index in [-0.39, 0.29) is 0 Å². The molecule has 1 fully saturated rings. The Hall–Kier alpha value is -0.750. The normalized spacial score (nSPS) is 16.4. The molecule has 106 valence electrons. The lowest BCUT2D eigenvalue weighted by Crippen LogP contribution is -2.29. The number of carboxylic acid groups (broad SMARTS) is 1. The van der Waals surface area contributed by atoms with E-state index in [9.17, 15) is 9.90 Å². The minimum Gasteiger partial charge on any atom is -0.477 e. The van der Waals surface area contributed by atoms with Crippen LogP contribution in [0.15, 0.2) is 0 Å². The molecule has 0 bridgehead atoms. The van der Waals surface area contributed by atoms with Gasteiger partial charge < -0.3 is 10.0 Å². The van der Waals surface area contributed by atoms with Gasteiger partial charge in [0.1, 0.15) is 4.88 Å². The zero-order valence-corrected chi connectivity index (χ0v) is 13.2. The van der Waals surface area contributed by atoms with Gasteiger partial charge in [0.15, 0.2) is 5.13 Å². The van der Waals surface area contributed by atoms with E-state index in [0.29, 0.717) is 16.8 Å². The van der Waals surface area contributed by atoms with Gasteiger partial charge in [0.2, 0.25) is 0 Å². The first-order chi connectivity index (χ1) is 9.04. The summed E-state index contributed by atoms with van der Waals surface area (Å²) in [6.45, 7) is 2.16. The van der Waals surface area contributed by atoms with Crippen LogP contribution < -0.4 is 4.90 Å². The Labute approximate surface area is 122 Å². The van der Waals surface area contributed by atoms with Crippen LogP contribution in [0.1, 0.15) is 47.5 Å². The third-order valence-electron chi connectivity index (χ3n) is 3.50. The van der Waals surface area contributed by atoms with Crippen molar-refractivity contribution in [1.82, 2.24) is 4.98 Å². The van der Waals surface area contributed by atoms with Crippen LogP contribution in [-0.4, -0.2) is 41.2 Å². The van der Waals surface area contributed by atoms with Gasteiger partial charge in [-0.3, -0.25) is 0 Å². The van der Waals surface area contributed by atoms with E-state index in [2.05, 4.69) is 23.1 Å². The monoisotopic (exact) mass is 300 g/mol. The number of hydrogen-bond donors (Lipinski definition) is 1. The summed E-state index contributed by atoms with van der Waals surface area (Å²) in [5.41, 5.74) is 0.802. The lowest BCUT2D eigenvalue weighted by molar-refractivity contribution is 0.0700. The second-order valence-corrected chi connectivity index (χ2v) is 6.99. The van der Waals surface area contributed by atoms with Gasteiger partial charge in [-0.1, -0.05) is 11.3 Å². The first kappa shape index (κ1) is 14.7. The predicted octanol–water partition coefficient (Wildman–Crippen LogP) is 3.30. The van der Waals surface area contributed by atoms with Crippen molar-refractivity contribution in [2.75, 3.05) is 24.0 Å². The molecule has 0 amide bonds. The lowest BCUT2D eigenvalue weighted by atomic mass is 10.2. The lowest BCUT2D eigenvalue weighted by Gasteiger charge is -2.23. The molecule has 0 saturated heterocycles. The van der Waals surface area contributed by atoms with Crippen LogP contribution in [0.25, 0.3) is 0 Å². The molecule has 1 aliphatic rings. The fourth-order valence-corrected chi connectivity index (χ4v) is 3.56. The van der Waals surface area contributed by atoms with Gasteiger partial charge in [-0.25, -0.2) is 9.78 Å². The first-order valence-corrected chi connectivity index (χ1v) is 8.71. The summed E-state index contributed by atoms with van der Waals surface area (Å²) in [5, 5.41) is 10.1. The third-order valence-corrected chi connectivity index (χ3v) is 5.30. The van der Waals surface area contributed by atoms with Crippen LogP contribution in [0, 0.1) is 0 Å². The minimum absolute atomic E-state index is 0.381. The highest BCUT2D eigenvalue weighted by atomic mass is 32.2. The molecule has 0 radical (unpaired) electrons. The molecular formula is C13H20N2O2S2. The number of carboxylic acids is 1. The summed E-state index contributed by atoms with van der Waals surface area (Å²) in [6, 6.07) is 0.382. The predicted molar refractivity (Wildman–Crippen MR) is 81.9 cm³/mol. The maximum Gasteiger partial charge on any atom is 0.347 e. The molecule has 1 N–H and O–H groups in total. The number of rotatable bonds is 7. The third kappa shape index (κ3) is 3.42. The van der Waals surface area contributed by atoms with Gasteiger partial charge in [0.25, 0.3) is 0 Å². The molecule has 1 aromatic rings. The van der Waals surface area contributed by atoms with E-state index in [1.54, 1.807) is 0 Å². The van der Waals surface area contributed by atoms with Crippen molar-refractivity contribution in [1.29, 1.82) is 0 Å². The van der Waals surface area contributed by atoms with Crippen LogP contribution in [-0.2, 0) is 0 Å². The first-order valence-electron chi connectivity index (χ1n) is 6.50. The van der Waals surface area contributed by atoms with Gasteiger partial charge >= 0.3 is 5.97 Å². The molecule has 1 aromatic heterocycles. The molecular weight excluding hydrogens is 280 g/mol. The standard InChI is InChI=1S/C13H20N2O2S2/c1-8(6-7-18-3)15(2)13-14-10(9-4-5-9)11(19-13)12(16)17/h8-9H,4-7H2,1-3H3,(H,16,17). The highest BCUT2D eigenvalue weighted by molar-refractivity contribution is 7.98. The van der Waals surface area contributed by atoms with E-state index in [1.807, 2.05) is 18.8 Å². The van der Waals surface area contributed by atoms with Crippen LogP contribution in [0.4, 0.5) is 5.13 Å². The zero-order valence-electron chi connectivity index (χ0n) is 11.5. The molecule has 6 heteroatoms. The summed E-state index contributed by atoms with van der Waals surface area (Å²) < 4.78 is 0. The number of thioether (sulfide) groups is 1. The largest absolute Gasteiger partial charge is 0.477 e. The minimum atomic E-state index is -0.837. The molecule has 1 atom stereocenters. The Kier molecular flexibility index (Phi) is 4.73. The van der Waals surface area contributed by atoms with E-state index < -0.39 is 5.97 Å². The molecule has 4 nitrogen and oxygen atoms in total. The smallest absolute Gasteiger partial charge is 0.347 e. The number of thiazole rings is 1. The molecule has 1 heterocycles. The highest BCUT2D eigenvalue weighted by Gasteiger charge is 2.33. The second-order valence-electron chi connectivity index (χ2n) is 5.03. The number of aromatic carboxylic acids is 1. The van der Waals surface area contributed by atoms with Gasteiger partial charge in [0.05, 0.1) is 5.69 Å². The van der Waals surface area contributed by atoms with E-state index >= 15 is 0 Å². The molecule has 0 spiro atoms. The fraction of sp³-hybridized carbons (Fsp3) is 0.692. The average Bonchev–Trinajstić information content (AvgIpc) is 3.13. The average molecular weight is 300 g/mol. The van der Waals surface area contributed by atoms with Crippen molar-refractivity contribution in [3.05, 3.63) is 10.6 Å². The van der Waals surface area contributed by atoms with Gasteiger partial charge in [0, 0.05) is 19.0 Å². The number of anilines is 1. The van der Waals surface area contributed by atoms with E-state index in [0.717, 1.165) is 35.8 Å². The molecule has 1 aliphatic carbocycles. The summed E-state index contributed by atoms with van der Waals surface area (Å²) >= 11 is 3.15. The van der Waals surface area contributed by atoms with Crippen molar-refractivity contribution in [3.8, 4) is 0 Å². The van der Waals surface area contributed by atoms with Crippen LogP contribution in [0.3, 0.4) is 0 Å². The van der Waals surface area contributed by atoms with Gasteiger partial charge in [-0.15, -0.1) is 0 Å². The Morgan fingerprint density at radius 2 is 2.32 bits per heavy atom. The second kappa shape index (κ2) is 6.13. The molecule has 1 unspecified atom stereocenters. The Morgan fingerprint density at radius 3 is 2.84 bits per heavy atom. The van der Waals surface area contributed by atoms with Crippen molar-refractivity contribution in [2.24, 2.45) is 0 Å². The van der Waals surface area contributed by atoms with E-state index in [4.69, 9.17) is 0 Å². The number of hydrogen-bond acceptors (Lipinski definition) is 5. The summed E-state index contributed by atoms with van der Waals surface area (Å²) in [7, 11) is 2.01. The SMILES string of the molecule is CSCCC(C)N(C)c1nc(C2CC2)c(C(=O)O)s1. The fourth-order valence-electron chi connectivity index (χ4n) is 1.93. The summed E-state index contributed by atoms with van der Waals surface area (Å²) in [4.78, 5) is 18.4. The van der Waals surface area contributed by atoms with Crippen LogP contribution in [0.5, 0.6) is 0 Å². The van der Waals surface area contributed by atoms with Crippen molar-refractivity contribution >= 4 is 34.2 Å². The van der Waals surface area contributed by atoms with Gasteiger partial charge in [-0.2, -0.15) is 11.8 Å². The zero-order chi connectivity index (χ0) is 14.0. The molecule has 2 rings (SSSR count).